The third-order valence-electron chi connectivity index (χ3n) is 6.72. The van der Waals surface area contributed by atoms with Crippen LogP contribution in [0.4, 0.5) is 16.2 Å². The van der Waals surface area contributed by atoms with E-state index in [2.05, 4.69) is 4.90 Å². The van der Waals surface area contributed by atoms with E-state index < -0.39 is 29.9 Å². The van der Waals surface area contributed by atoms with Crippen LogP contribution >= 0.6 is 23.2 Å². The maximum atomic E-state index is 13.3. The Balaban J connectivity index is 1.35. The Morgan fingerprint density at radius 3 is 2.38 bits per heavy atom. The van der Waals surface area contributed by atoms with Gasteiger partial charge >= 0.3 is 6.09 Å². The van der Waals surface area contributed by atoms with E-state index in [1.165, 1.54) is 4.90 Å². The first-order valence-electron chi connectivity index (χ1n) is 12.3. The van der Waals surface area contributed by atoms with Gasteiger partial charge in [-0.1, -0.05) is 29.3 Å². The third kappa shape index (κ3) is 5.76. The molecular weight excluding hydrogens is 521 g/mol. The quantitative estimate of drug-likeness (QED) is 0.550. The molecule has 1 unspecified atom stereocenters. The first kappa shape index (κ1) is 27.3. The van der Waals surface area contributed by atoms with Crippen LogP contribution in [0, 0.1) is 0 Å². The number of anilines is 2. The standard InChI is InChI=1S/C25H33Cl2N5O5/c1-25(2,3)37-24(36)31-8-4-5-18(31)21(33)30-11-9-29(10-12-30)17-7-6-15(13-16(17)28)14-32-22(34)19(26)20(27)23(32)35/h6-7,13,18,22,34H,4-5,8-12,14,28H2,1-3H3/t18-,22?/m0/s1. The highest BCUT2D eigenvalue weighted by molar-refractivity contribution is 6.49. The molecular formula is C25H33Cl2N5O5. The molecule has 1 aromatic carbocycles. The number of aliphatic hydroxyl groups is 1. The molecule has 3 amide bonds. The van der Waals surface area contributed by atoms with Crippen LogP contribution in [0.15, 0.2) is 28.3 Å². The van der Waals surface area contributed by atoms with Gasteiger partial charge in [0.15, 0.2) is 6.23 Å². The summed E-state index contributed by atoms with van der Waals surface area (Å²) in [6.45, 7) is 8.26. The van der Waals surface area contributed by atoms with Crippen molar-refractivity contribution < 1.29 is 24.2 Å². The second kappa shape index (κ2) is 10.6. The minimum Gasteiger partial charge on any atom is -0.444 e. The third-order valence-corrected chi connectivity index (χ3v) is 7.57. The molecule has 3 heterocycles. The Hall–Kier alpha value is -2.69. The molecule has 3 N–H and O–H groups in total. The molecule has 0 aromatic heterocycles. The van der Waals surface area contributed by atoms with Crippen LogP contribution in [-0.4, -0.2) is 88.3 Å². The summed E-state index contributed by atoms with van der Waals surface area (Å²) in [5, 5.41) is 9.89. The van der Waals surface area contributed by atoms with Crippen LogP contribution in [0.25, 0.3) is 0 Å². The average Bonchev–Trinajstić information content (AvgIpc) is 3.40. The number of nitrogen functional groups attached to an aromatic ring is 1. The molecule has 0 radical (unpaired) electrons. The molecule has 1 aromatic rings. The van der Waals surface area contributed by atoms with Crippen LogP contribution in [0.2, 0.25) is 0 Å². The molecule has 2 fully saturated rings. The van der Waals surface area contributed by atoms with Crippen LogP contribution in [-0.2, 0) is 20.9 Å². The average molecular weight is 554 g/mol. The first-order chi connectivity index (χ1) is 17.4. The molecule has 0 bridgehead atoms. The Morgan fingerprint density at radius 2 is 1.81 bits per heavy atom. The normalized spacial score (nSPS) is 22.8. The largest absolute Gasteiger partial charge is 0.444 e. The van der Waals surface area contributed by atoms with Crippen molar-refractivity contribution in [2.75, 3.05) is 43.4 Å². The SMILES string of the molecule is CC(C)(C)OC(=O)N1CCC[C@H]1C(=O)N1CCN(c2ccc(CN3C(=O)C(Cl)=C(Cl)C3O)cc2N)CC1. The predicted octanol–water partition coefficient (Wildman–Crippen LogP) is 2.67. The van der Waals surface area contributed by atoms with E-state index in [1.54, 1.807) is 15.9 Å². The summed E-state index contributed by atoms with van der Waals surface area (Å²) in [4.78, 5) is 44.7. The summed E-state index contributed by atoms with van der Waals surface area (Å²) >= 11 is 11.8. The summed E-state index contributed by atoms with van der Waals surface area (Å²) < 4.78 is 5.49. The van der Waals surface area contributed by atoms with Gasteiger partial charge in [0.1, 0.15) is 16.7 Å². The van der Waals surface area contributed by atoms with Gasteiger partial charge < -0.3 is 30.3 Å². The molecule has 10 nitrogen and oxygen atoms in total. The molecule has 0 aliphatic carbocycles. The first-order valence-corrected chi connectivity index (χ1v) is 13.1. The van der Waals surface area contributed by atoms with E-state index in [4.69, 9.17) is 33.7 Å². The zero-order chi connectivity index (χ0) is 27.1. The van der Waals surface area contributed by atoms with Crippen LogP contribution in [0.5, 0.6) is 0 Å². The molecule has 202 valence electrons. The van der Waals surface area contributed by atoms with Crippen LogP contribution < -0.4 is 10.6 Å². The number of hydrogen-bond acceptors (Lipinski definition) is 7. The minimum atomic E-state index is -1.28. The fourth-order valence-corrected chi connectivity index (χ4v) is 5.28. The Kier molecular flexibility index (Phi) is 7.83. The number of benzene rings is 1. The maximum absolute atomic E-state index is 13.3. The molecule has 0 saturated carbocycles. The number of likely N-dealkylation sites (tertiary alicyclic amines) is 1. The lowest BCUT2D eigenvalue weighted by molar-refractivity contribution is -0.136. The zero-order valence-electron chi connectivity index (χ0n) is 21.2. The van der Waals surface area contributed by atoms with E-state index in [1.807, 2.05) is 32.9 Å². The number of amides is 3. The van der Waals surface area contributed by atoms with Gasteiger partial charge in [-0.2, -0.15) is 0 Å². The molecule has 3 aliphatic rings. The van der Waals surface area contributed by atoms with Crippen molar-refractivity contribution in [2.45, 2.75) is 58.0 Å². The number of piperazine rings is 1. The van der Waals surface area contributed by atoms with Crippen molar-refractivity contribution in [1.82, 2.24) is 14.7 Å². The number of ether oxygens (including phenoxy) is 1. The Labute approximate surface area is 226 Å². The predicted molar refractivity (Wildman–Crippen MR) is 141 cm³/mol. The fourth-order valence-electron chi connectivity index (χ4n) is 4.88. The number of carbonyl (C=O) groups excluding carboxylic acids is 3. The summed E-state index contributed by atoms with van der Waals surface area (Å²) in [6, 6.07) is 4.96. The van der Waals surface area contributed by atoms with Crippen molar-refractivity contribution in [3.63, 3.8) is 0 Å². The molecule has 12 heteroatoms. The number of nitrogens with two attached hydrogens (primary N) is 1. The van der Waals surface area contributed by atoms with Crippen molar-refractivity contribution >= 4 is 52.5 Å². The highest BCUT2D eigenvalue weighted by atomic mass is 35.5. The molecule has 37 heavy (non-hydrogen) atoms. The van der Waals surface area contributed by atoms with Gasteiger partial charge in [0, 0.05) is 39.3 Å². The van der Waals surface area contributed by atoms with Gasteiger partial charge in [0.2, 0.25) is 5.91 Å². The Bertz CT molecular complexity index is 1110. The van der Waals surface area contributed by atoms with Gasteiger partial charge in [-0.15, -0.1) is 0 Å². The monoisotopic (exact) mass is 553 g/mol. The van der Waals surface area contributed by atoms with Crippen LogP contribution in [0.1, 0.15) is 39.2 Å². The second-order valence-corrected chi connectivity index (χ2v) is 11.3. The fraction of sp³-hybridized carbons (Fsp3) is 0.560. The molecule has 3 aliphatic heterocycles. The molecule has 2 saturated heterocycles. The Morgan fingerprint density at radius 1 is 1.14 bits per heavy atom. The van der Waals surface area contributed by atoms with E-state index >= 15 is 0 Å². The molecule has 4 rings (SSSR count). The summed E-state index contributed by atoms with van der Waals surface area (Å²) in [7, 11) is 0. The highest BCUT2D eigenvalue weighted by Crippen LogP contribution is 2.33. The lowest BCUT2D eigenvalue weighted by atomic mass is 10.1. The number of nitrogens with zero attached hydrogens (tertiary/aromatic N) is 4. The summed E-state index contributed by atoms with van der Waals surface area (Å²) in [6.07, 6.45) is -0.322. The molecule has 0 spiro atoms. The zero-order valence-corrected chi connectivity index (χ0v) is 22.8. The van der Waals surface area contributed by atoms with Crippen LogP contribution in [0.3, 0.4) is 0 Å². The topological polar surface area (TPSA) is 120 Å². The summed E-state index contributed by atoms with van der Waals surface area (Å²) in [5.41, 5.74) is 7.80. The van der Waals surface area contributed by atoms with Crippen molar-refractivity contribution in [3.05, 3.63) is 33.8 Å². The van der Waals surface area contributed by atoms with Gasteiger partial charge in [0.05, 0.1) is 16.4 Å². The lowest BCUT2D eigenvalue weighted by Gasteiger charge is -2.39. The number of aliphatic hydroxyl groups excluding tert-OH is 1. The number of rotatable bonds is 4. The van der Waals surface area contributed by atoms with E-state index in [9.17, 15) is 19.5 Å². The van der Waals surface area contributed by atoms with Crippen molar-refractivity contribution in [2.24, 2.45) is 0 Å². The maximum Gasteiger partial charge on any atom is 0.410 e. The van der Waals surface area contributed by atoms with Crippen molar-refractivity contribution in [3.8, 4) is 0 Å². The van der Waals surface area contributed by atoms with Crippen molar-refractivity contribution in [1.29, 1.82) is 0 Å². The smallest absolute Gasteiger partial charge is 0.410 e. The lowest BCUT2D eigenvalue weighted by Crippen LogP contribution is -2.55. The van der Waals surface area contributed by atoms with E-state index in [-0.39, 0.29) is 22.5 Å². The number of halogens is 2. The highest BCUT2D eigenvalue weighted by Gasteiger charge is 2.40. The van der Waals surface area contributed by atoms with Gasteiger partial charge in [-0.25, -0.2) is 4.79 Å². The number of hydrogen-bond donors (Lipinski definition) is 2. The number of carbonyl (C=O) groups is 3. The summed E-state index contributed by atoms with van der Waals surface area (Å²) in [5.74, 6) is -0.582. The van der Waals surface area contributed by atoms with Gasteiger partial charge in [-0.05, 0) is 51.3 Å². The van der Waals surface area contributed by atoms with E-state index in [0.29, 0.717) is 44.8 Å². The molecule has 2 atom stereocenters. The second-order valence-electron chi connectivity index (χ2n) is 10.5. The van der Waals surface area contributed by atoms with Gasteiger partial charge in [0.25, 0.3) is 5.91 Å². The van der Waals surface area contributed by atoms with E-state index in [0.717, 1.165) is 17.7 Å². The van der Waals surface area contributed by atoms with Gasteiger partial charge in [-0.3, -0.25) is 14.5 Å². The minimum absolute atomic E-state index is 0.0499.